The first-order valence-corrected chi connectivity index (χ1v) is 1.39. The molecule has 6 heteroatoms. The summed E-state index contributed by atoms with van der Waals surface area (Å²) >= 11 is 0. The summed E-state index contributed by atoms with van der Waals surface area (Å²) in [7, 11) is 0. The fourth-order valence-corrected chi connectivity index (χ4v) is 0. The number of hydrogen-bond acceptors (Lipinski definition) is 1. The summed E-state index contributed by atoms with van der Waals surface area (Å²) < 4.78 is 0. The molecular weight excluding hydrogens is 119 g/mol. The van der Waals surface area contributed by atoms with E-state index in [4.69, 9.17) is 11.1 Å². The standard InChI is InChI=1S/C2H5NO.N3.Na/c1-2(3)4;1-3-2;/h1H3,(H2,3,4);;/q;-1;+1. The molecule has 40 valence electrons. The van der Waals surface area contributed by atoms with E-state index in [2.05, 4.69) is 5.73 Å². The van der Waals surface area contributed by atoms with E-state index in [1.165, 1.54) is 11.8 Å². The van der Waals surface area contributed by atoms with Gasteiger partial charge >= 0.3 is 29.6 Å². The van der Waals surface area contributed by atoms with Crippen LogP contribution in [-0.4, -0.2) is 5.91 Å². The molecule has 0 rings (SSSR count). The Morgan fingerprint density at radius 1 is 1.62 bits per heavy atom. The van der Waals surface area contributed by atoms with Crippen LogP contribution >= 0.6 is 0 Å². The maximum absolute atomic E-state index is 9.22. The SMILES string of the molecule is CC(N)=O.[N-]=[N+]=[N-].[Na+]. The van der Waals surface area contributed by atoms with E-state index in [0.717, 1.165) is 0 Å². The van der Waals surface area contributed by atoms with Crippen molar-refractivity contribution in [3.05, 3.63) is 16.0 Å². The van der Waals surface area contributed by atoms with Crippen molar-refractivity contribution in [1.82, 2.24) is 0 Å². The molecule has 0 saturated carbocycles. The molecule has 0 aliphatic carbocycles. The number of amides is 1. The van der Waals surface area contributed by atoms with Crippen LogP contribution in [0.3, 0.4) is 0 Å². The second kappa shape index (κ2) is 15.9. The number of primary amides is 1. The minimum Gasteiger partial charge on any atom is -0.373 e. The number of nitrogens with zero attached hydrogens (tertiary/aromatic N) is 3. The average molecular weight is 124 g/mol. The molecular formula is C2H5N4NaO. The zero-order valence-corrected chi connectivity index (χ0v) is 6.83. The molecule has 0 bridgehead atoms. The summed E-state index contributed by atoms with van der Waals surface area (Å²) in [5.74, 6) is -0.333. The van der Waals surface area contributed by atoms with Gasteiger partial charge in [-0.25, -0.2) is 0 Å². The van der Waals surface area contributed by atoms with Gasteiger partial charge in [0.05, 0.1) is 0 Å². The van der Waals surface area contributed by atoms with Crippen molar-refractivity contribution in [3.8, 4) is 0 Å². The molecule has 1 amide bonds. The Labute approximate surface area is 68.9 Å². The molecule has 0 radical (unpaired) electrons. The number of carbonyl (C=O) groups is 1. The third-order valence-corrected chi connectivity index (χ3v) is 0. The minimum absolute atomic E-state index is 0. The van der Waals surface area contributed by atoms with Gasteiger partial charge in [-0.05, 0) is 0 Å². The normalized spacial score (nSPS) is 4.12. The molecule has 0 aliphatic rings. The van der Waals surface area contributed by atoms with Gasteiger partial charge in [0, 0.05) is 6.92 Å². The zero-order chi connectivity index (χ0) is 6.28. The van der Waals surface area contributed by atoms with E-state index in [-0.39, 0.29) is 35.5 Å². The van der Waals surface area contributed by atoms with Crippen LogP contribution < -0.4 is 35.3 Å². The smallest absolute Gasteiger partial charge is 0.373 e. The molecule has 0 spiro atoms. The first-order valence-electron chi connectivity index (χ1n) is 1.39. The van der Waals surface area contributed by atoms with E-state index in [0.29, 0.717) is 0 Å². The Balaban J connectivity index is -0.0000000575. The van der Waals surface area contributed by atoms with Crippen LogP contribution in [0.1, 0.15) is 6.92 Å². The van der Waals surface area contributed by atoms with Crippen molar-refractivity contribution in [2.75, 3.05) is 0 Å². The van der Waals surface area contributed by atoms with Crippen LogP contribution in [0, 0.1) is 0 Å². The molecule has 2 N–H and O–H groups in total. The second-order valence-corrected chi connectivity index (χ2v) is 0.700. The number of rotatable bonds is 0. The fraction of sp³-hybridized carbons (Fsp3) is 0.500. The van der Waals surface area contributed by atoms with Gasteiger partial charge in [0.1, 0.15) is 0 Å². The van der Waals surface area contributed by atoms with Crippen LogP contribution in [-0.2, 0) is 4.79 Å². The van der Waals surface area contributed by atoms with E-state index >= 15 is 0 Å². The molecule has 0 heterocycles. The monoisotopic (exact) mass is 124 g/mol. The Hall–Kier alpha value is -0.220. The number of hydrogen-bond donors (Lipinski definition) is 1. The van der Waals surface area contributed by atoms with Gasteiger partial charge in [0.2, 0.25) is 5.91 Å². The van der Waals surface area contributed by atoms with Crippen LogP contribution in [0.15, 0.2) is 0 Å². The van der Waals surface area contributed by atoms with Crippen molar-refractivity contribution in [3.63, 3.8) is 0 Å². The van der Waals surface area contributed by atoms with Crippen LogP contribution in [0.25, 0.3) is 16.0 Å². The van der Waals surface area contributed by atoms with Gasteiger partial charge in [0.25, 0.3) is 0 Å². The summed E-state index contributed by atoms with van der Waals surface area (Å²) in [6.45, 7) is 1.31. The maximum Gasteiger partial charge on any atom is 1.00 e. The Kier molecular flexibility index (Phi) is 31.0. The molecule has 0 aromatic rings. The van der Waals surface area contributed by atoms with E-state index in [9.17, 15) is 4.79 Å². The van der Waals surface area contributed by atoms with Crippen LogP contribution in [0.5, 0.6) is 0 Å². The van der Waals surface area contributed by atoms with Gasteiger partial charge in [-0.3, -0.25) is 9.71 Å². The molecule has 0 aromatic heterocycles. The minimum atomic E-state index is -0.333. The van der Waals surface area contributed by atoms with E-state index < -0.39 is 0 Å². The molecule has 0 atom stereocenters. The molecule has 0 unspecified atom stereocenters. The van der Waals surface area contributed by atoms with Crippen molar-refractivity contribution < 1.29 is 34.4 Å². The molecule has 0 saturated heterocycles. The van der Waals surface area contributed by atoms with Crippen molar-refractivity contribution in [2.24, 2.45) is 5.73 Å². The Bertz CT molecular complexity index is 82.0. The van der Waals surface area contributed by atoms with E-state index in [1.807, 2.05) is 0 Å². The molecule has 0 fully saturated rings. The molecule has 0 aliphatic heterocycles. The van der Waals surface area contributed by atoms with Crippen molar-refractivity contribution in [1.29, 1.82) is 0 Å². The quantitative estimate of drug-likeness (QED) is 0.162. The summed E-state index contributed by atoms with van der Waals surface area (Å²) in [5, 5.41) is 0. The third kappa shape index (κ3) is 2730. The summed E-state index contributed by atoms with van der Waals surface area (Å²) in [6, 6.07) is 0. The number of nitrogens with two attached hydrogens (primary N) is 1. The molecule has 0 aromatic carbocycles. The second-order valence-electron chi connectivity index (χ2n) is 0.700. The first-order chi connectivity index (χ1) is 3.15. The Morgan fingerprint density at radius 3 is 1.62 bits per heavy atom. The van der Waals surface area contributed by atoms with Gasteiger partial charge in [-0.2, -0.15) is 0 Å². The van der Waals surface area contributed by atoms with Crippen LogP contribution in [0.2, 0.25) is 0 Å². The van der Waals surface area contributed by atoms with Crippen molar-refractivity contribution in [2.45, 2.75) is 6.92 Å². The molecule has 8 heavy (non-hydrogen) atoms. The van der Waals surface area contributed by atoms with E-state index in [1.54, 1.807) is 0 Å². The predicted molar refractivity (Wildman–Crippen MR) is 24.9 cm³/mol. The summed E-state index contributed by atoms with van der Waals surface area (Å²) in [5.41, 5.74) is 18.0. The summed E-state index contributed by atoms with van der Waals surface area (Å²) in [6.07, 6.45) is 0. The third-order valence-electron chi connectivity index (χ3n) is 0. The topological polar surface area (TPSA) is 102 Å². The predicted octanol–water partition coefficient (Wildman–Crippen LogP) is -2.64. The van der Waals surface area contributed by atoms with Crippen LogP contribution in [0.4, 0.5) is 0 Å². The number of carbonyl (C=O) groups excluding carboxylic acids is 1. The summed E-state index contributed by atoms with van der Waals surface area (Å²) in [4.78, 5) is 10.7. The first kappa shape index (κ1) is 15.7. The average Bonchev–Trinajstić information content (AvgIpc) is 1.33. The van der Waals surface area contributed by atoms with Gasteiger partial charge in [-0.15, -0.1) is 0 Å². The fourth-order valence-electron chi connectivity index (χ4n) is 0. The van der Waals surface area contributed by atoms with Gasteiger partial charge < -0.3 is 16.8 Å². The van der Waals surface area contributed by atoms with Crippen molar-refractivity contribution >= 4 is 5.91 Å². The van der Waals surface area contributed by atoms with Gasteiger partial charge in [-0.1, -0.05) is 0 Å². The maximum atomic E-state index is 9.22. The Morgan fingerprint density at radius 2 is 1.62 bits per heavy atom. The zero-order valence-electron chi connectivity index (χ0n) is 4.83. The largest absolute Gasteiger partial charge is 1.00 e. The van der Waals surface area contributed by atoms with Gasteiger partial charge in [0.15, 0.2) is 0 Å². The molecule has 5 nitrogen and oxygen atoms in total.